The molecular weight excluding hydrogens is 234 g/mol. The van der Waals surface area contributed by atoms with E-state index >= 15 is 0 Å². The highest BCUT2D eigenvalue weighted by Crippen LogP contribution is 2.00. The molecule has 1 heterocycles. The van der Waals surface area contributed by atoms with Crippen molar-refractivity contribution in [1.82, 2.24) is 14.4 Å². The predicted octanol–water partition coefficient (Wildman–Crippen LogP) is 0.520. The predicted molar refractivity (Wildman–Crippen MR) is 61.0 cm³/mol. The van der Waals surface area contributed by atoms with E-state index in [2.05, 4.69) is 14.4 Å². The number of nitrogens with zero attached hydrogens (tertiary/aromatic N) is 1. The number of hydrogen-bond donors (Lipinski definition) is 2. The number of rotatable bonds is 7. The minimum absolute atomic E-state index is 0.378. The van der Waals surface area contributed by atoms with Gasteiger partial charge in [0.2, 0.25) is 0 Å². The Bertz CT molecular complexity index is 361. The van der Waals surface area contributed by atoms with E-state index in [0.717, 1.165) is 12.1 Å². The van der Waals surface area contributed by atoms with Crippen LogP contribution in [0.25, 0.3) is 0 Å². The van der Waals surface area contributed by atoms with Gasteiger partial charge in [-0.25, -0.2) is 14.4 Å². The Kier molecular flexibility index (Phi) is 5.16. The SMILES string of the molecule is CCCNS(=O)(=O)NCCc1cscn1. The Morgan fingerprint density at radius 1 is 1.40 bits per heavy atom. The molecule has 0 aliphatic rings. The molecule has 2 N–H and O–H groups in total. The zero-order valence-electron chi connectivity index (χ0n) is 8.56. The van der Waals surface area contributed by atoms with E-state index in [0.29, 0.717) is 19.5 Å². The lowest BCUT2D eigenvalue weighted by Gasteiger charge is -2.05. The van der Waals surface area contributed by atoms with E-state index in [9.17, 15) is 8.42 Å². The van der Waals surface area contributed by atoms with Gasteiger partial charge in [-0.2, -0.15) is 8.42 Å². The molecule has 0 fully saturated rings. The molecular formula is C8H15N3O2S2. The topological polar surface area (TPSA) is 71.1 Å². The highest BCUT2D eigenvalue weighted by atomic mass is 32.2. The maximum Gasteiger partial charge on any atom is 0.276 e. The lowest BCUT2D eigenvalue weighted by atomic mass is 10.3. The molecule has 5 nitrogen and oxygen atoms in total. The van der Waals surface area contributed by atoms with Gasteiger partial charge in [0.05, 0.1) is 11.2 Å². The molecule has 0 radical (unpaired) electrons. The fourth-order valence-corrected chi connectivity index (χ4v) is 2.50. The molecule has 0 aliphatic heterocycles. The Labute approximate surface area is 94.1 Å². The summed E-state index contributed by atoms with van der Waals surface area (Å²) in [7, 11) is -3.32. The third kappa shape index (κ3) is 5.22. The number of aromatic nitrogens is 1. The van der Waals surface area contributed by atoms with Gasteiger partial charge in [-0.15, -0.1) is 11.3 Å². The van der Waals surface area contributed by atoms with Gasteiger partial charge in [0.25, 0.3) is 10.2 Å². The van der Waals surface area contributed by atoms with Crippen molar-refractivity contribution in [2.75, 3.05) is 13.1 Å². The van der Waals surface area contributed by atoms with Crippen LogP contribution in [0, 0.1) is 0 Å². The lowest BCUT2D eigenvalue weighted by Crippen LogP contribution is -2.37. The molecule has 86 valence electrons. The van der Waals surface area contributed by atoms with Gasteiger partial charge in [0, 0.05) is 24.9 Å². The van der Waals surface area contributed by atoms with Crippen molar-refractivity contribution in [2.24, 2.45) is 0 Å². The highest BCUT2D eigenvalue weighted by molar-refractivity contribution is 7.87. The van der Waals surface area contributed by atoms with Gasteiger partial charge in [-0.05, 0) is 6.42 Å². The maximum atomic E-state index is 11.3. The van der Waals surface area contributed by atoms with Crippen LogP contribution >= 0.6 is 11.3 Å². The van der Waals surface area contributed by atoms with Crippen LogP contribution in [0.4, 0.5) is 0 Å². The van der Waals surface area contributed by atoms with Crippen LogP contribution in [0.1, 0.15) is 19.0 Å². The van der Waals surface area contributed by atoms with Crippen LogP contribution in [0.3, 0.4) is 0 Å². The van der Waals surface area contributed by atoms with Crippen molar-refractivity contribution in [2.45, 2.75) is 19.8 Å². The van der Waals surface area contributed by atoms with Crippen molar-refractivity contribution in [3.63, 3.8) is 0 Å². The molecule has 0 saturated carbocycles. The average Bonchev–Trinajstić information content (AvgIpc) is 2.67. The lowest BCUT2D eigenvalue weighted by molar-refractivity contribution is 0.565. The fourth-order valence-electron chi connectivity index (χ4n) is 0.962. The summed E-state index contributed by atoms with van der Waals surface area (Å²) in [6.07, 6.45) is 1.41. The summed E-state index contributed by atoms with van der Waals surface area (Å²) in [5.41, 5.74) is 2.65. The minimum atomic E-state index is -3.32. The summed E-state index contributed by atoms with van der Waals surface area (Å²) >= 11 is 1.51. The van der Waals surface area contributed by atoms with Crippen LogP contribution in [-0.4, -0.2) is 26.5 Å². The Hall–Kier alpha value is -0.500. The summed E-state index contributed by atoms with van der Waals surface area (Å²) in [5, 5.41) is 1.91. The molecule has 1 aromatic rings. The second kappa shape index (κ2) is 6.16. The molecule has 0 aromatic carbocycles. The van der Waals surface area contributed by atoms with Gasteiger partial charge in [0.1, 0.15) is 0 Å². The third-order valence-electron chi connectivity index (χ3n) is 1.70. The summed E-state index contributed by atoms with van der Waals surface area (Å²) in [6, 6.07) is 0. The Balaban J connectivity index is 2.24. The number of nitrogens with one attached hydrogen (secondary N) is 2. The van der Waals surface area contributed by atoms with Crippen molar-refractivity contribution in [1.29, 1.82) is 0 Å². The van der Waals surface area contributed by atoms with E-state index in [-0.39, 0.29) is 0 Å². The van der Waals surface area contributed by atoms with E-state index in [4.69, 9.17) is 0 Å². The highest BCUT2D eigenvalue weighted by Gasteiger charge is 2.06. The van der Waals surface area contributed by atoms with Gasteiger partial charge in [-0.1, -0.05) is 6.92 Å². The second-order valence-corrected chi connectivity index (χ2v) is 5.32. The van der Waals surface area contributed by atoms with Crippen LogP contribution in [-0.2, 0) is 16.6 Å². The molecule has 0 amide bonds. The molecule has 0 saturated heterocycles. The second-order valence-electron chi connectivity index (χ2n) is 3.02. The molecule has 0 unspecified atom stereocenters. The van der Waals surface area contributed by atoms with Gasteiger partial charge in [0.15, 0.2) is 0 Å². The molecule has 0 spiro atoms. The quantitative estimate of drug-likeness (QED) is 0.740. The molecule has 0 bridgehead atoms. The van der Waals surface area contributed by atoms with Gasteiger partial charge < -0.3 is 0 Å². The average molecular weight is 249 g/mol. The summed E-state index contributed by atoms with van der Waals surface area (Å²) in [5.74, 6) is 0. The van der Waals surface area contributed by atoms with Gasteiger partial charge in [-0.3, -0.25) is 0 Å². The van der Waals surface area contributed by atoms with Crippen LogP contribution in [0.5, 0.6) is 0 Å². The van der Waals surface area contributed by atoms with E-state index in [1.807, 2.05) is 12.3 Å². The first-order valence-electron chi connectivity index (χ1n) is 4.75. The van der Waals surface area contributed by atoms with Crippen molar-refractivity contribution >= 4 is 21.5 Å². The summed E-state index contributed by atoms with van der Waals surface area (Å²) in [4.78, 5) is 4.06. The van der Waals surface area contributed by atoms with Crippen LogP contribution in [0.15, 0.2) is 10.9 Å². The fraction of sp³-hybridized carbons (Fsp3) is 0.625. The molecule has 0 atom stereocenters. The van der Waals surface area contributed by atoms with Crippen molar-refractivity contribution in [3.8, 4) is 0 Å². The largest absolute Gasteiger partial charge is 0.276 e. The van der Waals surface area contributed by atoms with E-state index in [1.54, 1.807) is 5.51 Å². The van der Waals surface area contributed by atoms with Gasteiger partial charge >= 0.3 is 0 Å². The molecule has 15 heavy (non-hydrogen) atoms. The maximum absolute atomic E-state index is 11.3. The van der Waals surface area contributed by atoms with Crippen molar-refractivity contribution in [3.05, 3.63) is 16.6 Å². The number of thiazole rings is 1. The zero-order valence-corrected chi connectivity index (χ0v) is 10.2. The van der Waals surface area contributed by atoms with Crippen molar-refractivity contribution < 1.29 is 8.42 Å². The zero-order chi connectivity index (χ0) is 11.1. The molecule has 1 aromatic heterocycles. The first kappa shape index (κ1) is 12.6. The number of hydrogen-bond acceptors (Lipinski definition) is 4. The molecule has 7 heteroatoms. The van der Waals surface area contributed by atoms with Crippen LogP contribution in [0.2, 0.25) is 0 Å². The monoisotopic (exact) mass is 249 g/mol. The normalized spacial score (nSPS) is 11.8. The minimum Gasteiger partial charge on any atom is -0.250 e. The smallest absolute Gasteiger partial charge is 0.250 e. The summed E-state index contributed by atoms with van der Waals surface area (Å²) in [6.45, 7) is 2.76. The summed E-state index contributed by atoms with van der Waals surface area (Å²) < 4.78 is 27.4. The molecule has 1 rings (SSSR count). The first-order chi connectivity index (χ1) is 7.14. The van der Waals surface area contributed by atoms with Crippen LogP contribution < -0.4 is 9.44 Å². The standard InChI is InChI=1S/C8H15N3O2S2/c1-2-4-10-15(12,13)11-5-3-8-6-14-7-9-8/h6-7,10-11H,2-5H2,1H3. The molecule has 0 aliphatic carbocycles. The first-order valence-corrected chi connectivity index (χ1v) is 7.18. The Morgan fingerprint density at radius 2 is 2.13 bits per heavy atom. The van der Waals surface area contributed by atoms with E-state index in [1.165, 1.54) is 11.3 Å². The Morgan fingerprint density at radius 3 is 2.73 bits per heavy atom. The van der Waals surface area contributed by atoms with E-state index < -0.39 is 10.2 Å². The third-order valence-corrected chi connectivity index (χ3v) is 3.50.